The topological polar surface area (TPSA) is 157 Å². The number of rotatable bonds is 9. The molecule has 2 heterocycles. The number of carbonyl (C=O) groups is 1. The molecule has 2 aromatic heterocycles. The Morgan fingerprint density at radius 2 is 1.71 bits per heavy atom. The SMILES string of the molecule is CCOC(=O)c1cc(Cn2nnc(Cc3nnn(Cc4cc([N+](=O)[O-])ccc4F)n3)n2)cc2ccccc12. The molecule has 0 fully saturated rings. The van der Waals surface area contributed by atoms with Crippen LogP contribution in [-0.4, -0.2) is 57.9 Å². The van der Waals surface area contributed by atoms with Crippen LogP contribution in [0, 0.1) is 15.9 Å². The van der Waals surface area contributed by atoms with Crippen molar-refractivity contribution in [1.82, 2.24) is 40.4 Å². The highest BCUT2D eigenvalue weighted by atomic mass is 19.1. The third kappa shape index (κ3) is 5.33. The van der Waals surface area contributed by atoms with Gasteiger partial charge in [-0.2, -0.15) is 9.59 Å². The van der Waals surface area contributed by atoms with Gasteiger partial charge in [0.15, 0.2) is 11.6 Å². The Bertz CT molecular complexity index is 1650. The Balaban J connectivity index is 1.30. The van der Waals surface area contributed by atoms with Crippen molar-refractivity contribution in [2.75, 3.05) is 6.61 Å². The summed E-state index contributed by atoms with van der Waals surface area (Å²) >= 11 is 0. The van der Waals surface area contributed by atoms with Crippen LogP contribution < -0.4 is 0 Å². The van der Waals surface area contributed by atoms with Crippen LogP contribution in [0.3, 0.4) is 0 Å². The smallest absolute Gasteiger partial charge is 0.338 e. The number of nitro groups is 1. The van der Waals surface area contributed by atoms with Crippen molar-refractivity contribution >= 4 is 22.4 Å². The summed E-state index contributed by atoms with van der Waals surface area (Å²) in [7, 11) is 0. The molecule has 14 heteroatoms. The maximum absolute atomic E-state index is 14.1. The normalized spacial score (nSPS) is 11.1. The van der Waals surface area contributed by atoms with E-state index < -0.39 is 16.7 Å². The molecule has 0 aliphatic carbocycles. The Morgan fingerprint density at radius 1 is 1.00 bits per heavy atom. The summed E-state index contributed by atoms with van der Waals surface area (Å²) in [6.45, 7) is 2.15. The van der Waals surface area contributed by atoms with Crippen LogP contribution in [0.5, 0.6) is 0 Å². The molecule has 0 radical (unpaired) electrons. The van der Waals surface area contributed by atoms with Crippen molar-refractivity contribution in [1.29, 1.82) is 0 Å². The molecule has 0 amide bonds. The average molecular weight is 517 g/mol. The molecule has 0 atom stereocenters. The molecule has 5 aromatic rings. The van der Waals surface area contributed by atoms with Gasteiger partial charge in [-0.1, -0.05) is 24.3 Å². The van der Waals surface area contributed by atoms with Crippen LogP contribution >= 0.6 is 0 Å². The molecule has 0 N–H and O–H groups in total. The van der Waals surface area contributed by atoms with Crippen molar-refractivity contribution in [3.05, 3.63) is 98.9 Å². The molecule has 13 nitrogen and oxygen atoms in total. The first kappa shape index (κ1) is 24.5. The Hall–Kier alpha value is -5.14. The Labute approximate surface area is 214 Å². The molecule has 0 spiro atoms. The monoisotopic (exact) mass is 517 g/mol. The minimum atomic E-state index is -0.612. The molecule has 38 heavy (non-hydrogen) atoms. The van der Waals surface area contributed by atoms with Gasteiger partial charge >= 0.3 is 5.97 Å². The minimum absolute atomic E-state index is 0.0600. The van der Waals surface area contributed by atoms with Gasteiger partial charge in [0.2, 0.25) is 0 Å². The predicted octanol–water partition coefficient (Wildman–Crippen LogP) is 2.72. The maximum atomic E-state index is 14.1. The van der Waals surface area contributed by atoms with Gasteiger partial charge in [-0.15, -0.1) is 20.4 Å². The number of hydrogen-bond acceptors (Lipinski definition) is 10. The lowest BCUT2D eigenvalue weighted by Gasteiger charge is -2.09. The fourth-order valence-corrected chi connectivity index (χ4v) is 3.92. The highest BCUT2D eigenvalue weighted by molar-refractivity contribution is 6.04. The second-order valence-electron chi connectivity index (χ2n) is 8.27. The van der Waals surface area contributed by atoms with E-state index in [0.717, 1.165) is 39.3 Å². The highest BCUT2D eigenvalue weighted by Gasteiger charge is 2.16. The number of esters is 1. The second kappa shape index (κ2) is 10.5. The first-order valence-electron chi connectivity index (χ1n) is 11.5. The number of hydrogen-bond donors (Lipinski definition) is 0. The van der Waals surface area contributed by atoms with Gasteiger partial charge in [-0.3, -0.25) is 10.1 Å². The number of benzene rings is 3. The van der Waals surface area contributed by atoms with E-state index in [0.29, 0.717) is 11.4 Å². The number of tetrazole rings is 2. The third-order valence-corrected chi connectivity index (χ3v) is 5.60. The number of ether oxygens (including phenoxy) is 1. The fourth-order valence-electron chi connectivity index (χ4n) is 3.92. The number of nitro benzene ring substituents is 1. The van der Waals surface area contributed by atoms with Gasteiger partial charge in [-0.25, -0.2) is 9.18 Å². The molecule has 0 unspecified atom stereocenters. The first-order valence-corrected chi connectivity index (χ1v) is 11.5. The van der Waals surface area contributed by atoms with Crippen molar-refractivity contribution in [2.24, 2.45) is 0 Å². The van der Waals surface area contributed by atoms with Crippen LogP contribution in [-0.2, 0) is 24.2 Å². The number of fused-ring (bicyclic) bond motifs is 1. The van der Waals surface area contributed by atoms with Crippen LogP contribution in [0.1, 0.15) is 40.1 Å². The van der Waals surface area contributed by atoms with Crippen molar-refractivity contribution in [2.45, 2.75) is 26.4 Å². The van der Waals surface area contributed by atoms with E-state index in [1.54, 1.807) is 13.0 Å². The molecule has 192 valence electrons. The highest BCUT2D eigenvalue weighted by Crippen LogP contribution is 2.23. The standard InChI is InChI=1S/C24H20FN9O4/c1-2-38-24(35)20-10-15(9-16-5-3-4-6-19(16)20)13-32-28-22(26-30-32)12-23-27-31-33(29-23)14-17-11-18(34(36)37)7-8-21(17)25/h3-11H,2,12-14H2,1H3. The van der Waals surface area contributed by atoms with E-state index >= 15 is 0 Å². The maximum Gasteiger partial charge on any atom is 0.338 e. The van der Waals surface area contributed by atoms with Gasteiger partial charge in [0, 0.05) is 17.7 Å². The summed E-state index contributed by atoms with van der Waals surface area (Å²) in [5.74, 6) is -0.418. The van der Waals surface area contributed by atoms with Gasteiger partial charge < -0.3 is 4.74 Å². The average Bonchev–Trinajstić information content (AvgIpc) is 3.54. The Kier molecular flexibility index (Phi) is 6.76. The van der Waals surface area contributed by atoms with Crippen LogP contribution in [0.4, 0.5) is 10.1 Å². The number of non-ortho nitro benzene ring substituents is 1. The summed E-state index contributed by atoms with van der Waals surface area (Å²) in [6, 6.07) is 14.5. The summed E-state index contributed by atoms with van der Waals surface area (Å²) < 4.78 is 19.3. The zero-order chi connectivity index (χ0) is 26.6. The first-order chi connectivity index (χ1) is 18.4. The van der Waals surface area contributed by atoms with E-state index in [2.05, 4.69) is 30.8 Å². The lowest BCUT2D eigenvalue weighted by Crippen LogP contribution is -2.09. The van der Waals surface area contributed by atoms with Crippen molar-refractivity contribution in [3.8, 4) is 0 Å². The van der Waals surface area contributed by atoms with Gasteiger partial charge in [0.1, 0.15) is 5.82 Å². The number of halogens is 1. The summed E-state index contributed by atoms with van der Waals surface area (Å²) in [5, 5.41) is 37.1. The van der Waals surface area contributed by atoms with Gasteiger partial charge in [0.05, 0.1) is 36.6 Å². The third-order valence-electron chi connectivity index (χ3n) is 5.60. The van der Waals surface area contributed by atoms with Crippen LogP contribution in [0.2, 0.25) is 0 Å². The zero-order valence-electron chi connectivity index (χ0n) is 20.1. The second-order valence-corrected chi connectivity index (χ2v) is 8.27. The molecule has 0 saturated carbocycles. The summed E-state index contributed by atoms with van der Waals surface area (Å²) in [6.07, 6.45) is 0.114. The minimum Gasteiger partial charge on any atom is -0.462 e. The van der Waals surface area contributed by atoms with Gasteiger partial charge in [0.25, 0.3) is 5.69 Å². The molecule has 0 aliphatic rings. The lowest BCUT2D eigenvalue weighted by atomic mass is 10.0. The van der Waals surface area contributed by atoms with E-state index in [1.807, 2.05) is 30.3 Å². The van der Waals surface area contributed by atoms with Crippen molar-refractivity contribution in [3.63, 3.8) is 0 Å². The fraction of sp³-hybridized carbons (Fsp3) is 0.208. The zero-order valence-corrected chi connectivity index (χ0v) is 20.1. The predicted molar refractivity (Wildman–Crippen MR) is 130 cm³/mol. The van der Waals surface area contributed by atoms with Crippen LogP contribution in [0.25, 0.3) is 10.8 Å². The van der Waals surface area contributed by atoms with Gasteiger partial charge in [-0.05, 0) is 51.9 Å². The van der Waals surface area contributed by atoms with E-state index in [-0.39, 0.29) is 43.2 Å². The summed E-state index contributed by atoms with van der Waals surface area (Å²) in [4.78, 5) is 25.4. The van der Waals surface area contributed by atoms with E-state index in [4.69, 9.17) is 4.74 Å². The Morgan fingerprint density at radius 3 is 2.42 bits per heavy atom. The molecular formula is C24H20FN9O4. The molecular weight excluding hydrogens is 497 g/mol. The van der Waals surface area contributed by atoms with E-state index in [1.165, 1.54) is 4.80 Å². The molecule has 0 bridgehead atoms. The molecule has 5 rings (SSSR count). The lowest BCUT2D eigenvalue weighted by molar-refractivity contribution is -0.385. The molecule has 0 aliphatic heterocycles. The van der Waals surface area contributed by atoms with Crippen molar-refractivity contribution < 1.29 is 18.8 Å². The molecule has 0 saturated heterocycles. The number of aromatic nitrogens is 8. The number of carbonyl (C=O) groups excluding carboxylic acids is 1. The molecule has 3 aromatic carbocycles. The summed E-state index contributed by atoms with van der Waals surface area (Å²) in [5.41, 5.74) is 1.08. The quantitative estimate of drug-likeness (QED) is 0.162. The van der Waals surface area contributed by atoms with Crippen LogP contribution in [0.15, 0.2) is 54.6 Å². The van der Waals surface area contributed by atoms with E-state index in [9.17, 15) is 19.3 Å². The largest absolute Gasteiger partial charge is 0.462 e. The number of nitrogens with zero attached hydrogens (tertiary/aromatic N) is 9.